The van der Waals surface area contributed by atoms with Gasteiger partial charge in [0.2, 0.25) is 0 Å². The first-order chi connectivity index (χ1) is 10.8. The number of hydrogen-bond donors (Lipinski definition) is 1. The fourth-order valence-corrected chi connectivity index (χ4v) is 4.08. The Morgan fingerprint density at radius 3 is 2.62 bits per heavy atom. The lowest BCUT2D eigenvalue weighted by Crippen LogP contribution is -2.37. The molecular weight excluding hydrogens is 540 g/mol. The second kappa shape index (κ2) is 9.34. The molecule has 24 heavy (non-hydrogen) atoms. The highest BCUT2D eigenvalue weighted by molar-refractivity contribution is 14.0. The van der Waals surface area contributed by atoms with Gasteiger partial charge in [-0.2, -0.15) is 13.2 Å². The molecule has 11 heteroatoms. The Hall–Kier alpha value is -0.400. The van der Waals surface area contributed by atoms with Gasteiger partial charge in [-0.3, -0.25) is 4.99 Å². The summed E-state index contributed by atoms with van der Waals surface area (Å²) in [7, 11) is 3.50. The molecule has 0 aliphatic carbocycles. The third-order valence-corrected chi connectivity index (χ3v) is 5.29. The van der Waals surface area contributed by atoms with Gasteiger partial charge in [-0.25, -0.2) is 4.98 Å². The number of aromatic nitrogens is 1. The third-order valence-electron chi connectivity index (χ3n) is 2.84. The molecule has 0 amide bonds. The molecule has 0 aliphatic rings. The second-order valence-corrected chi connectivity index (χ2v) is 8.08. The van der Waals surface area contributed by atoms with Crippen molar-refractivity contribution in [3.05, 3.63) is 36.9 Å². The number of aliphatic imine (C=N–C) groups is 1. The van der Waals surface area contributed by atoms with Crippen LogP contribution in [0.1, 0.15) is 15.6 Å². The molecule has 1 N–H and O–H groups in total. The van der Waals surface area contributed by atoms with Crippen LogP contribution in [0.5, 0.6) is 0 Å². The largest absolute Gasteiger partial charge is 0.434 e. The Balaban J connectivity index is 0.00000288. The highest BCUT2D eigenvalue weighted by Crippen LogP contribution is 2.30. The van der Waals surface area contributed by atoms with Crippen LogP contribution in [-0.2, 0) is 19.3 Å². The predicted molar refractivity (Wildman–Crippen MR) is 106 cm³/mol. The first-order valence-corrected chi connectivity index (χ1v) is 8.96. The molecular formula is C13H15BrF3IN4S2. The van der Waals surface area contributed by atoms with Crippen molar-refractivity contribution in [3.8, 4) is 0 Å². The van der Waals surface area contributed by atoms with E-state index in [2.05, 4.69) is 31.2 Å². The average molecular weight is 555 g/mol. The predicted octanol–water partition coefficient (Wildman–Crippen LogP) is 4.81. The molecule has 0 fully saturated rings. The maximum Gasteiger partial charge on any atom is 0.434 e. The molecule has 0 aliphatic heterocycles. The van der Waals surface area contributed by atoms with Crippen LogP contribution in [0.25, 0.3) is 0 Å². The van der Waals surface area contributed by atoms with Gasteiger partial charge in [-0.05, 0) is 28.1 Å². The molecule has 0 radical (unpaired) electrons. The summed E-state index contributed by atoms with van der Waals surface area (Å²) in [5, 5.41) is 4.41. The Labute approximate surface area is 171 Å². The number of thiophene rings is 1. The zero-order chi connectivity index (χ0) is 17.0. The molecule has 0 saturated carbocycles. The van der Waals surface area contributed by atoms with Gasteiger partial charge in [0.1, 0.15) is 5.01 Å². The fraction of sp³-hybridized carbons (Fsp3) is 0.385. The van der Waals surface area contributed by atoms with Crippen molar-refractivity contribution in [2.24, 2.45) is 4.99 Å². The van der Waals surface area contributed by atoms with Gasteiger partial charge in [0.05, 0.1) is 16.9 Å². The number of nitrogens with one attached hydrogen (secondary N) is 1. The van der Waals surface area contributed by atoms with Gasteiger partial charge in [-0.15, -0.1) is 46.7 Å². The van der Waals surface area contributed by atoms with E-state index in [9.17, 15) is 13.2 Å². The molecule has 2 aromatic rings. The van der Waals surface area contributed by atoms with Crippen LogP contribution < -0.4 is 5.32 Å². The van der Waals surface area contributed by atoms with E-state index in [-0.39, 0.29) is 30.5 Å². The standard InChI is InChI=1S/C13H14BrF3N4S2.HI/c1-18-12(21(2)6-8-3-4-10(14)23-8)19-5-11-20-9(7-22-11)13(15,16)17;/h3-4,7H,5-6H2,1-2H3,(H,18,19);1H. The number of halogens is 5. The number of nitrogens with zero attached hydrogens (tertiary/aromatic N) is 3. The zero-order valence-corrected chi connectivity index (χ0v) is 18.3. The summed E-state index contributed by atoms with van der Waals surface area (Å²) >= 11 is 6.01. The number of guanidine groups is 1. The minimum atomic E-state index is -4.40. The molecule has 0 atom stereocenters. The molecule has 4 nitrogen and oxygen atoms in total. The molecule has 2 rings (SSSR count). The van der Waals surface area contributed by atoms with Crippen LogP contribution in [0, 0.1) is 0 Å². The van der Waals surface area contributed by atoms with Crippen molar-refractivity contribution >= 4 is 68.5 Å². The highest BCUT2D eigenvalue weighted by Gasteiger charge is 2.33. The summed E-state index contributed by atoms with van der Waals surface area (Å²) in [6.45, 7) is 0.855. The fourth-order valence-electron chi connectivity index (χ4n) is 1.81. The molecule has 2 aromatic heterocycles. The molecule has 0 bridgehead atoms. The zero-order valence-electron chi connectivity index (χ0n) is 12.7. The highest BCUT2D eigenvalue weighted by atomic mass is 127. The molecule has 0 saturated heterocycles. The van der Waals surface area contributed by atoms with Gasteiger partial charge in [0.25, 0.3) is 0 Å². The van der Waals surface area contributed by atoms with Gasteiger partial charge in [0, 0.05) is 24.4 Å². The first-order valence-electron chi connectivity index (χ1n) is 6.47. The number of alkyl halides is 3. The summed E-state index contributed by atoms with van der Waals surface area (Å²) in [4.78, 5) is 10.8. The first kappa shape index (κ1) is 21.6. The van der Waals surface area contributed by atoms with Gasteiger partial charge in [-0.1, -0.05) is 0 Å². The normalized spacial score (nSPS) is 12.0. The summed E-state index contributed by atoms with van der Waals surface area (Å²) < 4.78 is 38.6. The Morgan fingerprint density at radius 1 is 1.42 bits per heavy atom. The monoisotopic (exact) mass is 554 g/mol. The van der Waals surface area contributed by atoms with Crippen molar-refractivity contribution < 1.29 is 13.2 Å². The lowest BCUT2D eigenvalue weighted by molar-refractivity contribution is -0.140. The topological polar surface area (TPSA) is 40.5 Å². The van der Waals surface area contributed by atoms with E-state index in [1.54, 1.807) is 18.4 Å². The molecule has 134 valence electrons. The summed E-state index contributed by atoms with van der Waals surface area (Å²) in [5.41, 5.74) is -0.855. The van der Waals surface area contributed by atoms with E-state index >= 15 is 0 Å². The molecule has 2 heterocycles. The van der Waals surface area contributed by atoms with Gasteiger partial charge < -0.3 is 10.2 Å². The summed E-state index contributed by atoms with van der Waals surface area (Å²) in [6.07, 6.45) is -4.40. The van der Waals surface area contributed by atoms with E-state index in [1.165, 1.54) is 0 Å². The van der Waals surface area contributed by atoms with E-state index in [4.69, 9.17) is 0 Å². The van der Waals surface area contributed by atoms with Crippen LogP contribution >= 0.6 is 62.6 Å². The molecule has 0 unspecified atom stereocenters. The molecule has 0 spiro atoms. The van der Waals surface area contributed by atoms with E-state index in [1.807, 2.05) is 24.1 Å². The Bertz CT molecular complexity index is 687. The van der Waals surface area contributed by atoms with Gasteiger partial charge >= 0.3 is 6.18 Å². The lowest BCUT2D eigenvalue weighted by Gasteiger charge is -2.21. The van der Waals surface area contributed by atoms with E-state index in [0.29, 0.717) is 17.5 Å². The van der Waals surface area contributed by atoms with E-state index < -0.39 is 11.9 Å². The van der Waals surface area contributed by atoms with Crippen molar-refractivity contribution in [2.45, 2.75) is 19.3 Å². The van der Waals surface area contributed by atoms with Crippen LogP contribution in [0.15, 0.2) is 26.3 Å². The van der Waals surface area contributed by atoms with Crippen LogP contribution in [0.3, 0.4) is 0 Å². The lowest BCUT2D eigenvalue weighted by atomic mass is 10.4. The minimum absolute atomic E-state index is 0. The van der Waals surface area contributed by atoms with Gasteiger partial charge in [0.15, 0.2) is 11.7 Å². The number of thiazole rings is 1. The third kappa shape index (κ3) is 6.15. The Morgan fingerprint density at radius 2 is 2.12 bits per heavy atom. The summed E-state index contributed by atoms with van der Waals surface area (Å²) in [6, 6.07) is 3.98. The second-order valence-electron chi connectivity index (χ2n) is 4.59. The minimum Gasteiger partial charge on any atom is -0.350 e. The van der Waals surface area contributed by atoms with Crippen LogP contribution in [0.2, 0.25) is 0 Å². The maximum atomic E-state index is 12.5. The van der Waals surface area contributed by atoms with Crippen molar-refractivity contribution in [2.75, 3.05) is 14.1 Å². The smallest absolute Gasteiger partial charge is 0.350 e. The van der Waals surface area contributed by atoms with Crippen molar-refractivity contribution in [1.82, 2.24) is 15.2 Å². The van der Waals surface area contributed by atoms with E-state index in [0.717, 1.165) is 25.4 Å². The van der Waals surface area contributed by atoms with Crippen LogP contribution in [0.4, 0.5) is 13.2 Å². The molecule has 0 aromatic carbocycles. The number of rotatable bonds is 4. The number of hydrogen-bond acceptors (Lipinski definition) is 4. The average Bonchev–Trinajstić information content (AvgIpc) is 3.08. The maximum absolute atomic E-state index is 12.5. The quantitative estimate of drug-likeness (QED) is 0.335. The van der Waals surface area contributed by atoms with Crippen molar-refractivity contribution in [3.63, 3.8) is 0 Å². The summed E-state index contributed by atoms with van der Waals surface area (Å²) in [5.74, 6) is 0.596. The van der Waals surface area contributed by atoms with Crippen molar-refractivity contribution in [1.29, 1.82) is 0 Å². The Kier molecular flexibility index (Phi) is 8.42. The SMILES string of the molecule is CN=C(NCc1nc(C(F)(F)F)cs1)N(C)Cc1ccc(Br)s1.I. The van der Waals surface area contributed by atoms with Crippen LogP contribution in [-0.4, -0.2) is 29.9 Å².